The fourth-order valence-electron chi connectivity index (χ4n) is 9.37. The topological polar surface area (TPSA) is 169 Å². The van der Waals surface area contributed by atoms with Crippen LogP contribution in [-0.2, 0) is 23.8 Å². The molecule has 7 atom stereocenters. The second-order valence-corrected chi connectivity index (χ2v) is 20.0. The Morgan fingerprint density at radius 2 is 0.848 bits per heavy atom. The van der Waals surface area contributed by atoms with E-state index in [2.05, 4.69) is 37.5 Å². The van der Waals surface area contributed by atoms with Crippen LogP contribution in [0.3, 0.4) is 0 Å². The minimum Gasteiger partial charge on any atom is -0.481 e. The Labute approximate surface area is 404 Å². The Morgan fingerprint density at radius 1 is 0.500 bits per heavy atom. The van der Waals surface area contributed by atoms with Gasteiger partial charge < -0.3 is 39.7 Å². The van der Waals surface area contributed by atoms with E-state index in [0.717, 1.165) is 70.6 Å². The van der Waals surface area contributed by atoms with Crippen LogP contribution < -0.4 is 0 Å². The van der Waals surface area contributed by atoms with Crippen molar-refractivity contribution in [2.24, 2.45) is 0 Å². The number of carbonyl (C=O) groups is 2. The van der Waals surface area contributed by atoms with E-state index in [1.807, 2.05) is 0 Å². The van der Waals surface area contributed by atoms with Gasteiger partial charge in [0.15, 0.2) is 6.10 Å². The number of fused-ring (bicyclic) bond motifs is 1. The zero-order valence-electron chi connectivity index (χ0n) is 43.2. The molecule has 12 nitrogen and oxygen atoms in total. The number of carbonyl (C=O) groups excluding carboxylic acids is 1. The molecule has 0 aromatic heterocycles. The van der Waals surface area contributed by atoms with Crippen LogP contribution in [-0.4, -0.2) is 142 Å². The Hall–Kier alpha value is -1.38. The Bertz CT molecular complexity index is 1060. The van der Waals surface area contributed by atoms with Crippen molar-refractivity contribution in [2.45, 2.75) is 282 Å². The van der Waals surface area contributed by atoms with Gasteiger partial charge in [0.2, 0.25) is 0 Å². The summed E-state index contributed by atoms with van der Waals surface area (Å²) in [5.41, 5.74) is 0. The molecule has 0 saturated carbocycles. The normalized spacial score (nSPS) is 18.8. The minimum atomic E-state index is -0.787. The molecule has 0 bridgehead atoms. The molecule has 0 amide bonds. The molecule has 2 saturated heterocycles. The van der Waals surface area contributed by atoms with Gasteiger partial charge in [0, 0.05) is 45.6 Å². The van der Waals surface area contributed by atoms with Gasteiger partial charge in [-0.3, -0.25) is 19.4 Å². The van der Waals surface area contributed by atoms with Gasteiger partial charge in [-0.05, 0) is 58.0 Å². The average molecular weight is 943 g/mol. The van der Waals surface area contributed by atoms with Gasteiger partial charge in [0.05, 0.1) is 37.1 Å². The van der Waals surface area contributed by atoms with Crippen LogP contribution in [0.5, 0.6) is 0 Å². The lowest BCUT2D eigenvalue weighted by molar-refractivity contribution is -0.153. The first-order chi connectivity index (χ1) is 32.0. The van der Waals surface area contributed by atoms with Gasteiger partial charge in [0.25, 0.3) is 0 Å². The molecule has 2 aliphatic rings. The fourth-order valence-corrected chi connectivity index (χ4v) is 9.37. The van der Waals surface area contributed by atoms with Crippen LogP contribution in [0.15, 0.2) is 0 Å². The number of aliphatic carboxylic acids is 1. The fraction of sp³-hybridized carbons (Fsp3) is 0.963. The second-order valence-electron chi connectivity index (χ2n) is 20.0. The quantitative estimate of drug-likeness (QED) is 0.0290. The molecule has 0 aromatic carbocycles. The molecule has 0 spiro atoms. The molecule has 2 rings (SSSR count). The van der Waals surface area contributed by atoms with Crippen molar-refractivity contribution in [1.82, 2.24) is 9.80 Å². The number of carboxylic acid groups (broad SMARTS) is 1. The maximum absolute atomic E-state index is 12.5. The molecule has 2 aliphatic heterocycles. The number of hydrogen-bond acceptors (Lipinski definition) is 11. The molecule has 5 N–H and O–H groups in total. The molecule has 392 valence electrons. The summed E-state index contributed by atoms with van der Waals surface area (Å²) in [4.78, 5) is 27.5. The highest BCUT2D eigenvalue weighted by molar-refractivity contribution is 5.69. The summed E-state index contributed by atoms with van der Waals surface area (Å²) in [5.74, 6) is -1.00. The van der Waals surface area contributed by atoms with Crippen LogP contribution in [0.2, 0.25) is 0 Å². The predicted octanol–water partition coefficient (Wildman–Crippen LogP) is 10.8. The molecule has 0 aromatic rings. The van der Waals surface area contributed by atoms with E-state index in [0.29, 0.717) is 71.7 Å². The smallest absolute Gasteiger partial charge is 0.306 e. The van der Waals surface area contributed by atoms with Crippen LogP contribution in [0.25, 0.3) is 0 Å². The largest absolute Gasteiger partial charge is 0.481 e. The van der Waals surface area contributed by atoms with E-state index in [1.54, 1.807) is 0 Å². The molecule has 66 heavy (non-hydrogen) atoms. The van der Waals surface area contributed by atoms with E-state index < -0.39 is 30.4 Å². The average Bonchev–Trinajstić information content (AvgIpc) is 3.91. The zero-order chi connectivity index (χ0) is 48.5. The van der Waals surface area contributed by atoms with E-state index >= 15 is 0 Å². The minimum absolute atomic E-state index is 0.0644. The summed E-state index contributed by atoms with van der Waals surface area (Å²) in [6, 6.07) is 0. The number of ether oxygens (including phenoxy) is 3. The summed E-state index contributed by atoms with van der Waals surface area (Å²) >= 11 is 0. The molecular formula is C54H106N2O10. The van der Waals surface area contributed by atoms with Crippen molar-refractivity contribution in [3.63, 3.8) is 0 Å². The lowest BCUT2D eigenvalue weighted by Crippen LogP contribution is -2.39. The van der Waals surface area contributed by atoms with E-state index in [1.165, 1.54) is 116 Å². The van der Waals surface area contributed by atoms with Crippen LogP contribution in [0.1, 0.15) is 240 Å². The Morgan fingerprint density at radius 3 is 1.21 bits per heavy atom. The number of carboxylic acids is 1. The first kappa shape index (κ1) is 62.6. The SMILES string of the molecule is CCCCCCCCC(O)CN(CCCC(=O)O)CC(O)CCCCCCCC.CCCCCCCCC(O)CN(CCCC(=O)OC1COC2CCOC21)CC(O)CCCCCCCC. The number of nitrogens with zero attached hydrogens (tertiary/aromatic N) is 2. The van der Waals surface area contributed by atoms with E-state index in [9.17, 15) is 30.0 Å². The third kappa shape index (κ3) is 35.7. The lowest BCUT2D eigenvalue weighted by atomic mass is 10.1. The summed E-state index contributed by atoms with van der Waals surface area (Å²) in [6.07, 6.45) is 32.8. The standard InChI is InChI=1S/C30H57NO6.C24H49NO4/c1-3-5-7-9-11-13-16-25(32)22-31(23-26(33)17-14-12-10-8-6-4-2)20-15-18-29(34)37-28-24-36-27-19-21-35-30(27)28;1-3-5-7-9-11-13-16-22(26)20-25(19-15-18-24(28)29)21-23(27)17-14-12-10-8-6-4-2/h25-28,30,32-33H,3-24H2,1-2H3;22-23,26-27H,3-21H2,1-2H3,(H,28,29). The monoisotopic (exact) mass is 943 g/mol. The van der Waals surface area contributed by atoms with Crippen LogP contribution >= 0.6 is 0 Å². The molecule has 7 unspecified atom stereocenters. The van der Waals surface area contributed by atoms with Crippen molar-refractivity contribution in [3.05, 3.63) is 0 Å². The molecule has 0 radical (unpaired) electrons. The van der Waals surface area contributed by atoms with Crippen molar-refractivity contribution in [1.29, 1.82) is 0 Å². The highest BCUT2D eigenvalue weighted by atomic mass is 16.6. The van der Waals surface area contributed by atoms with Gasteiger partial charge in [0.1, 0.15) is 6.10 Å². The summed E-state index contributed by atoms with van der Waals surface area (Å²) in [7, 11) is 0. The van der Waals surface area contributed by atoms with Crippen molar-refractivity contribution in [2.75, 3.05) is 52.5 Å². The van der Waals surface area contributed by atoms with Crippen molar-refractivity contribution < 1.29 is 49.3 Å². The first-order valence-electron chi connectivity index (χ1n) is 27.8. The summed E-state index contributed by atoms with van der Waals surface area (Å²) in [5, 5.41) is 51.0. The third-order valence-electron chi connectivity index (χ3n) is 13.4. The third-order valence-corrected chi connectivity index (χ3v) is 13.4. The summed E-state index contributed by atoms with van der Waals surface area (Å²) in [6.45, 7) is 13.4. The molecule has 12 heteroatoms. The molecule has 2 heterocycles. The Balaban J connectivity index is 0.000000682. The first-order valence-corrected chi connectivity index (χ1v) is 27.8. The molecule has 0 aliphatic carbocycles. The zero-order valence-corrected chi connectivity index (χ0v) is 43.2. The number of aliphatic hydroxyl groups excluding tert-OH is 4. The molecular weight excluding hydrogens is 837 g/mol. The van der Waals surface area contributed by atoms with E-state index in [4.69, 9.17) is 19.3 Å². The maximum atomic E-state index is 12.5. The molecule has 2 fully saturated rings. The lowest BCUT2D eigenvalue weighted by Gasteiger charge is -2.27. The Kier molecular flexibility index (Phi) is 41.4. The highest BCUT2D eigenvalue weighted by Crippen LogP contribution is 2.28. The van der Waals surface area contributed by atoms with Crippen molar-refractivity contribution >= 4 is 11.9 Å². The highest BCUT2D eigenvalue weighted by Gasteiger charge is 2.43. The van der Waals surface area contributed by atoms with Gasteiger partial charge in [-0.15, -0.1) is 0 Å². The number of rotatable bonds is 45. The predicted molar refractivity (Wildman–Crippen MR) is 269 cm³/mol. The number of hydrogen-bond donors (Lipinski definition) is 5. The van der Waals surface area contributed by atoms with Crippen molar-refractivity contribution in [3.8, 4) is 0 Å². The number of aliphatic hydroxyl groups is 4. The van der Waals surface area contributed by atoms with Gasteiger partial charge in [-0.1, -0.05) is 182 Å². The van der Waals surface area contributed by atoms with Crippen LogP contribution in [0.4, 0.5) is 0 Å². The van der Waals surface area contributed by atoms with Crippen LogP contribution in [0, 0.1) is 0 Å². The van der Waals surface area contributed by atoms with E-state index in [-0.39, 0.29) is 30.7 Å². The maximum Gasteiger partial charge on any atom is 0.306 e. The number of esters is 1. The van der Waals surface area contributed by atoms with Gasteiger partial charge in [-0.25, -0.2) is 0 Å². The number of unbranched alkanes of at least 4 members (excludes halogenated alkanes) is 20. The summed E-state index contributed by atoms with van der Waals surface area (Å²) < 4.78 is 17.0. The van der Waals surface area contributed by atoms with Gasteiger partial charge in [-0.2, -0.15) is 0 Å². The van der Waals surface area contributed by atoms with Gasteiger partial charge >= 0.3 is 11.9 Å². The second kappa shape index (κ2) is 43.6.